The van der Waals surface area contributed by atoms with Crippen molar-refractivity contribution in [3.05, 3.63) is 47.2 Å². The van der Waals surface area contributed by atoms with E-state index in [2.05, 4.69) is 41.8 Å². The van der Waals surface area contributed by atoms with E-state index in [1.165, 1.54) is 0 Å². The molecular weight excluding hydrogens is 420 g/mol. The van der Waals surface area contributed by atoms with Gasteiger partial charge in [0.2, 0.25) is 11.8 Å². The van der Waals surface area contributed by atoms with Gasteiger partial charge in [-0.1, -0.05) is 38.1 Å². The molecule has 0 radical (unpaired) electrons. The van der Waals surface area contributed by atoms with Gasteiger partial charge in [0.05, 0.1) is 30.4 Å². The van der Waals surface area contributed by atoms with Crippen LogP contribution < -0.4 is 21.7 Å². The number of fused-ring (bicyclic) bond motifs is 1. The van der Waals surface area contributed by atoms with Crippen LogP contribution in [0.3, 0.4) is 0 Å². The molecule has 3 rings (SSSR count). The Bertz CT molecular complexity index is 1030. The van der Waals surface area contributed by atoms with Crippen molar-refractivity contribution >= 4 is 23.4 Å². The van der Waals surface area contributed by atoms with Crippen LogP contribution in [0, 0.1) is 0 Å². The summed E-state index contributed by atoms with van der Waals surface area (Å²) in [7, 11) is 0. The van der Waals surface area contributed by atoms with Crippen molar-refractivity contribution in [1.82, 2.24) is 20.4 Å². The second-order valence-electron chi connectivity index (χ2n) is 9.04. The van der Waals surface area contributed by atoms with Gasteiger partial charge in [-0.25, -0.2) is 4.68 Å². The number of nitrogens with zero attached hydrogens (tertiary/aromatic N) is 2. The van der Waals surface area contributed by atoms with Gasteiger partial charge in [-0.2, -0.15) is 5.10 Å². The van der Waals surface area contributed by atoms with Crippen LogP contribution in [0.2, 0.25) is 0 Å². The largest absolute Gasteiger partial charge is 0.370 e. The monoisotopic (exact) mass is 454 g/mol. The van der Waals surface area contributed by atoms with Gasteiger partial charge in [0, 0.05) is 6.54 Å². The van der Waals surface area contributed by atoms with E-state index in [1.807, 2.05) is 35.9 Å². The number of nitrogens with two attached hydrogens (primary N) is 1. The minimum absolute atomic E-state index is 0.0752. The van der Waals surface area contributed by atoms with Gasteiger partial charge in [0.1, 0.15) is 11.4 Å². The molecule has 2 amide bonds. The highest BCUT2D eigenvalue weighted by atomic mass is 16.2. The summed E-state index contributed by atoms with van der Waals surface area (Å²) in [6.45, 7) is 8.49. The third kappa shape index (κ3) is 4.93. The fourth-order valence-corrected chi connectivity index (χ4v) is 4.25. The second-order valence-corrected chi connectivity index (χ2v) is 9.04. The Morgan fingerprint density at radius 1 is 1.18 bits per heavy atom. The highest BCUT2D eigenvalue weighted by Crippen LogP contribution is 2.31. The predicted molar refractivity (Wildman–Crippen MR) is 127 cm³/mol. The molecule has 1 aromatic carbocycles. The molecule has 1 aromatic heterocycles. The molecule has 1 aliphatic rings. The van der Waals surface area contributed by atoms with E-state index < -0.39 is 17.4 Å². The van der Waals surface area contributed by atoms with E-state index >= 15 is 0 Å². The number of hydrogen-bond donors (Lipinski definition) is 4. The predicted octanol–water partition coefficient (Wildman–Crippen LogP) is 1.68. The number of aryl methyl sites for hydroxylation is 1. The fraction of sp³-hybridized carbons (Fsp3) is 0.500. The van der Waals surface area contributed by atoms with Gasteiger partial charge in [0.15, 0.2) is 5.78 Å². The zero-order valence-electron chi connectivity index (χ0n) is 19.8. The molecular formula is C24H34N6O3. The summed E-state index contributed by atoms with van der Waals surface area (Å²) in [5, 5.41) is 13.5. The number of ketones is 1. The standard InChI is InChI=1S/C24H34N6O3/c1-5-16-7-9-17(10-8-16)24(6-2,22(33)27-15-20(25)32)28-14-19(31)18-13-29-30-21(18)26-12-11-23(30,3)4/h7-10,13,26,28H,5-6,11-12,14-15H2,1-4H3,(H2,25,32)(H,27,33). The first-order valence-corrected chi connectivity index (χ1v) is 11.4. The van der Waals surface area contributed by atoms with E-state index in [1.54, 1.807) is 6.20 Å². The first kappa shape index (κ1) is 24.4. The minimum atomic E-state index is -1.20. The van der Waals surface area contributed by atoms with E-state index in [0.29, 0.717) is 23.4 Å². The lowest BCUT2D eigenvalue weighted by molar-refractivity contribution is -0.130. The Hall–Kier alpha value is -3.20. The number of rotatable bonds is 10. The van der Waals surface area contributed by atoms with Crippen LogP contribution in [0.5, 0.6) is 0 Å². The van der Waals surface area contributed by atoms with Crippen LogP contribution in [0.25, 0.3) is 0 Å². The van der Waals surface area contributed by atoms with E-state index in [9.17, 15) is 14.4 Å². The van der Waals surface area contributed by atoms with E-state index in [0.717, 1.165) is 24.9 Å². The third-order valence-electron chi connectivity index (χ3n) is 6.42. The molecule has 0 saturated heterocycles. The van der Waals surface area contributed by atoms with Crippen molar-refractivity contribution in [2.45, 2.75) is 58.0 Å². The maximum Gasteiger partial charge on any atom is 0.245 e. The van der Waals surface area contributed by atoms with Gasteiger partial charge in [-0.05, 0) is 44.2 Å². The first-order chi connectivity index (χ1) is 15.6. The second kappa shape index (κ2) is 9.74. The molecule has 33 heavy (non-hydrogen) atoms. The molecule has 5 N–H and O–H groups in total. The van der Waals surface area contributed by atoms with Gasteiger partial charge in [-0.3, -0.25) is 19.7 Å². The average molecular weight is 455 g/mol. The summed E-state index contributed by atoms with van der Waals surface area (Å²) in [6, 6.07) is 7.69. The van der Waals surface area contributed by atoms with E-state index in [-0.39, 0.29) is 24.4 Å². The highest BCUT2D eigenvalue weighted by Gasteiger charge is 2.39. The maximum absolute atomic E-state index is 13.3. The zero-order chi connectivity index (χ0) is 24.2. The molecule has 1 unspecified atom stereocenters. The van der Waals surface area contributed by atoms with E-state index in [4.69, 9.17) is 5.73 Å². The molecule has 9 heteroatoms. The van der Waals surface area contributed by atoms with Crippen molar-refractivity contribution in [2.24, 2.45) is 5.73 Å². The molecule has 2 heterocycles. The number of nitrogens with one attached hydrogen (secondary N) is 3. The topological polar surface area (TPSA) is 131 Å². The number of Topliss-reactive ketones (excluding diaryl/α,β-unsaturated/α-hetero) is 1. The minimum Gasteiger partial charge on any atom is -0.370 e. The maximum atomic E-state index is 13.3. The number of benzene rings is 1. The van der Waals surface area contributed by atoms with Crippen LogP contribution in [0.15, 0.2) is 30.5 Å². The molecule has 0 aliphatic carbocycles. The average Bonchev–Trinajstić information content (AvgIpc) is 3.24. The number of amides is 2. The number of hydrogen-bond acceptors (Lipinski definition) is 6. The lowest BCUT2D eigenvalue weighted by Crippen LogP contribution is -2.56. The van der Waals surface area contributed by atoms with Crippen LogP contribution >= 0.6 is 0 Å². The Balaban J connectivity index is 1.88. The summed E-state index contributed by atoms with van der Waals surface area (Å²) >= 11 is 0. The summed E-state index contributed by atoms with van der Waals surface area (Å²) in [4.78, 5) is 37.7. The number of aromatic nitrogens is 2. The molecule has 0 fully saturated rings. The lowest BCUT2D eigenvalue weighted by Gasteiger charge is -2.34. The third-order valence-corrected chi connectivity index (χ3v) is 6.42. The highest BCUT2D eigenvalue weighted by molar-refractivity contribution is 6.02. The summed E-state index contributed by atoms with van der Waals surface area (Å²) < 4.78 is 1.85. The van der Waals surface area contributed by atoms with Crippen molar-refractivity contribution < 1.29 is 14.4 Å². The Labute approximate surface area is 194 Å². The van der Waals surface area contributed by atoms with Crippen molar-refractivity contribution in [3.8, 4) is 0 Å². The molecule has 0 bridgehead atoms. The van der Waals surface area contributed by atoms with Crippen LogP contribution in [0.4, 0.5) is 5.82 Å². The number of primary amides is 1. The first-order valence-electron chi connectivity index (χ1n) is 11.4. The Kier molecular flexibility index (Phi) is 7.22. The van der Waals surface area contributed by atoms with Crippen LogP contribution in [0.1, 0.15) is 62.0 Å². The van der Waals surface area contributed by atoms with Crippen molar-refractivity contribution in [1.29, 1.82) is 0 Å². The SMILES string of the molecule is CCc1ccc(C(CC)(NCC(=O)c2cnn3c2NCCC3(C)C)C(=O)NCC(N)=O)cc1. The zero-order valence-corrected chi connectivity index (χ0v) is 19.8. The summed E-state index contributed by atoms with van der Waals surface area (Å²) in [5.74, 6) is -0.513. The molecule has 2 aromatic rings. The molecule has 1 aliphatic heterocycles. The Morgan fingerprint density at radius 2 is 1.88 bits per heavy atom. The van der Waals surface area contributed by atoms with Gasteiger partial charge < -0.3 is 16.4 Å². The van der Waals surface area contributed by atoms with Crippen LogP contribution in [-0.2, 0) is 27.1 Å². The number of carbonyl (C=O) groups excluding carboxylic acids is 3. The number of carbonyl (C=O) groups is 3. The number of anilines is 1. The molecule has 178 valence electrons. The van der Waals surface area contributed by atoms with Crippen molar-refractivity contribution in [3.63, 3.8) is 0 Å². The molecule has 0 saturated carbocycles. The summed E-state index contributed by atoms with van der Waals surface area (Å²) in [6.07, 6.45) is 3.72. The van der Waals surface area contributed by atoms with Gasteiger partial charge in [0.25, 0.3) is 0 Å². The van der Waals surface area contributed by atoms with Gasteiger partial charge >= 0.3 is 0 Å². The van der Waals surface area contributed by atoms with Crippen molar-refractivity contribution in [2.75, 3.05) is 25.0 Å². The normalized spacial score (nSPS) is 16.2. The summed E-state index contributed by atoms with van der Waals surface area (Å²) in [5.41, 5.74) is 6.19. The lowest BCUT2D eigenvalue weighted by atomic mass is 9.85. The molecule has 0 spiro atoms. The fourth-order valence-electron chi connectivity index (χ4n) is 4.25. The van der Waals surface area contributed by atoms with Gasteiger partial charge in [-0.15, -0.1) is 0 Å². The smallest absolute Gasteiger partial charge is 0.245 e. The molecule has 9 nitrogen and oxygen atoms in total. The Morgan fingerprint density at radius 3 is 2.48 bits per heavy atom. The quantitative estimate of drug-likeness (QED) is 0.404. The van der Waals surface area contributed by atoms with Crippen LogP contribution in [-0.4, -0.2) is 47.0 Å². The molecule has 1 atom stereocenters.